The van der Waals surface area contributed by atoms with E-state index in [0.29, 0.717) is 4.57 Å². The van der Waals surface area contributed by atoms with Gasteiger partial charge in [0.2, 0.25) is 5.95 Å². The number of alkyl halides is 6. The van der Waals surface area contributed by atoms with Gasteiger partial charge in [0.05, 0.1) is 25.4 Å². The van der Waals surface area contributed by atoms with Crippen molar-refractivity contribution in [3.8, 4) is 5.95 Å². The van der Waals surface area contributed by atoms with Crippen LogP contribution < -0.4 is 0 Å². The van der Waals surface area contributed by atoms with E-state index in [-0.39, 0.29) is 5.39 Å². The molecule has 0 aliphatic carbocycles. The molecule has 0 radical (unpaired) electrons. The van der Waals surface area contributed by atoms with Gasteiger partial charge < -0.3 is 9.47 Å². The summed E-state index contributed by atoms with van der Waals surface area (Å²) in [7, 11) is 1.50. The lowest BCUT2D eigenvalue weighted by molar-refractivity contribution is -0.181. The molecule has 7 nitrogen and oxygen atoms in total. The van der Waals surface area contributed by atoms with Crippen LogP contribution in [-0.2, 0) is 19.1 Å². The molecule has 2 atom stereocenters. The van der Waals surface area contributed by atoms with Gasteiger partial charge in [-0.3, -0.25) is 14.2 Å². The van der Waals surface area contributed by atoms with Gasteiger partial charge in [0.1, 0.15) is 0 Å². The van der Waals surface area contributed by atoms with E-state index in [2.05, 4.69) is 19.4 Å². The Morgan fingerprint density at radius 1 is 0.879 bits per heavy atom. The lowest BCUT2D eigenvalue weighted by Crippen LogP contribution is -2.32. The third kappa shape index (κ3) is 4.47. The minimum atomic E-state index is -5.17. The summed E-state index contributed by atoms with van der Waals surface area (Å²) in [4.78, 5) is 31.9. The third-order valence-corrected chi connectivity index (χ3v) is 4.77. The molecule has 176 valence electrons. The maximum atomic E-state index is 13.9. The zero-order valence-corrected chi connectivity index (χ0v) is 16.9. The largest absolute Gasteiger partial charge is 0.468 e. The molecule has 0 bridgehead atoms. The zero-order valence-electron chi connectivity index (χ0n) is 16.9. The molecule has 0 saturated heterocycles. The fraction of sp³-hybridized carbons (Fsp3) is 0.300. The summed E-state index contributed by atoms with van der Waals surface area (Å²) in [5.41, 5.74) is -1.92. The summed E-state index contributed by atoms with van der Waals surface area (Å²) >= 11 is 0. The Balaban J connectivity index is 2.48. The Bertz CT molecular complexity index is 1170. The van der Waals surface area contributed by atoms with E-state index in [1.165, 1.54) is 12.1 Å². The van der Waals surface area contributed by atoms with Crippen LogP contribution in [0.3, 0.4) is 0 Å². The third-order valence-electron chi connectivity index (χ3n) is 4.77. The van der Waals surface area contributed by atoms with E-state index < -0.39 is 58.8 Å². The summed E-state index contributed by atoms with van der Waals surface area (Å²) in [5.74, 6) is -9.49. The fourth-order valence-electron chi connectivity index (χ4n) is 3.47. The van der Waals surface area contributed by atoms with Crippen LogP contribution in [0.5, 0.6) is 0 Å². The SMILES string of the molecule is COC(=O)C(c1cccc2cc(C(C(=O)OC)C(F)(F)F)n(-c3ncccn3)c12)C(F)(F)F. The van der Waals surface area contributed by atoms with E-state index in [1.54, 1.807) is 0 Å². The van der Waals surface area contributed by atoms with Crippen LogP contribution in [0.25, 0.3) is 16.9 Å². The molecule has 0 spiro atoms. The fourth-order valence-corrected chi connectivity index (χ4v) is 3.47. The first-order valence-corrected chi connectivity index (χ1v) is 9.12. The van der Waals surface area contributed by atoms with Crippen LogP contribution in [0.2, 0.25) is 0 Å². The quantitative estimate of drug-likeness (QED) is 0.409. The van der Waals surface area contributed by atoms with Gasteiger partial charge in [0.25, 0.3) is 0 Å². The molecule has 0 fully saturated rings. The Labute approximate surface area is 181 Å². The normalized spacial score (nSPS) is 14.1. The monoisotopic (exact) mass is 475 g/mol. The van der Waals surface area contributed by atoms with Gasteiger partial charge in [0, 0.05) is 23.3 Å². The van der Waals surface area contributed by atoms with Crippen molar-refractivity contribution >= 4 is 22.8 Å². The van der Waals surface area contributed by atoms with Crippen LogP contribution >= 0.6 is 0 Å². The molecule has 0 N–H and O–H groups in total. The average molecular weight is 475 g/mol. The van der Waals surface area contributed by atoms with E-state index in [0.717, 1.165) is 44.8 Å². The Hall–Kier alpha value is -3.64. The predicted molar refractivity (Wildman–Crippen MR) is 100 cm³/mol. The topological polar surface area (TPSA) is 83.3 Å². The van der Waals surface area contributed by atoms with Gasteiger partial charge in [-0.05, 0) is 12.1 Å². The number of methoxy groups -OCH3 is 2. The maximum Gasteiger partial charge on any atom is 0.407 e. The minimum Gasteiger partial charge on any atom is -0.468 e. The maximum absolute atomic E-state index is 13.9. The van der Waals surface area contributed by atoms with Crippen molar-refractivity contribution in [2.45, 2.75) is 24.2 Å². The molecule has 2 unspecified atom stereocenters. The van der Waals surface area contributed by atoms with Crippen molar-refractivity contribution in [3.05, 3.63) is 54.0 Å². The summed E-state index contributed by atoms with van der Waals surface area (Å²) in [6.07, 6.45) is -7.99. The Kier molecular flexibility index (Phi) is 6.34. The number of esters is 2. The number of hydrogen-bond donors (Lipinski definition) is 0. The van der Waals surface area contributed by atoms with Crippen LogP contribution in [0.4, 0.5) is 26.3 Å². The standard InChI is InChI=1S/C20H15F6N3O4/c1-32-16(30)13(19(21,22)23)11-6-3-5-10-9-12(14(17(31)33-2)20(24,25)26)29(15(10)11)18-27-7-4-8-28-18/h3-9,13-14H,1-2H3. The first-order valence-electron chi connectivity index (χ1n) is 9.12. The molecule has 13 heteroatoms. The molecule has 2 heterocycles. The van der Waals surface area contributed by atoms with Crippen molar-refractivity contribution in [2.75, 3.05) is 14.2 Å². The smallest absolute Gasteiger partial charge is 0.407 e. The summed E-state index contributed by atoms with van der Waals surface area (Å²) in [6, 6.07) is 5.53. The Morgan fingerprint density at radius 3 is 1.94 bits per heavy atom. The number of hydrogen-bond acceptors (Lipinski definition) is 6. The van der Waals surface area contributed by atoms with Crippen molar-refractivity contribution < 1.29 is 45.4 Å². The van der Waals surface area contributed by atoms with Crippen molar-refractivity contribution in [3.63, 3.8) is 0 Å². The molecule has 0 amide bonds. The first kappa shape index (κ1) is 24.0. The molecule has 0 aliphatic heterocycles. The van der Waals surface area contributed by atoms with Gasteiger partial charge in [-0.2, -0.15) is 26.3 Å². The number of carbonyl (C=O) groups excluding carboxylic acids is 2. The second-order valence-electron chi connectivity index (χ2n) is 6.73. The molecule has 3 rings (SSSR count). The number of aromatic nitrogens is 3. The van der Waals surface area contributed by atoms with Gasteiger partial charge >= 0.3 is 24.3 Å². The number of para-hydroxylation sites is 1. The highest BCUT2D eigenvalue weighted by Crippen LogP contribution is 2.43. The summed E-state index contributed by atoms with van der Waals surface area (Å²) in [6.45, 7) is 0. The van der Waals surface area contributed by atoms with Crippen molar-refractivity contribution in [1.29, 1.82) is 0 Å². The van der Waals surface area contributed by atoms with Crippen molar-refractivity contribution in [1.82, 2.24) is 14.5 Å². The zero-order chi connectivity index (χ0) is 24.6. The van der Waals surface area contributed by atoms with E-state index in [4.69, 9.17) is 0 Å². The number of benzene rings is 1. The summed E-state index contributed by atoms with van der Waals surface area (Å²) in [5, 5.41) is -0.119. The number of fused-ring (bicyclic) bond motifs is 1. The number of nitrogens with zero attached hydrogens (tertiary/aromatic N) is 3. The average Bonchev–Trinajstić information content (AvgIpc) is 3.11. The second kappa shape index (κ2) is 8.71. The van der Waals surface area contributed by atoms with Crippen LogP contribution in [0.1, 0.15) is 23.1 Å². The van der Waals surface area contributed by atoms with Crippen LogP contribution in [0, 0.1) is 0 Å². The Morgan fingerprint density at radius 2 is 1.42 bits per heavy atom. The van der Waals surface area contributed by atoms with Gasteiger partial charge in [-0.15, -0.1) is 0 Å². The second-order valence-corrected chi connectivity index (χ2v) is 6.73. The van der Waals surface area contributed by atoms with E-state index in [1.807, 2.05) is 0 Å². The van der Waals surface area contributed by atoms with E-state index >= 15 is 0 Å². The van der Waals surface area contributed by atoms with E-state index in [9.17, 15) is 35.9 Å². The predicted octanol–water partition coefficient (Wildman–Crippen LogP) is 4.06. The molecule has 1 aromatic carbocycles. The highest BCUT2D eigenvalue weighted by molar-refractivity contribution is 5.93. The molecule has 2 aromatic heterocycles. The molecule has 33 heavy (non-hydrogen) atoms. The summed E-state index contributed by atoms with van der Waals surface area (Å²) < 4.78 is 92.5. The molecular weight excluding hydrogens is 460 g/mol. The molecule has 3 aromatic rings. The lowest BCUT2D eigenvalue weighted by Gasteiger charge is -2.22. The van der Waals surface area contributed by atoms with Gasteiger partial charge in [-0.25, -0.2) is 9.97 Å². The lowest BCUT2D eigenvalue weighted by atomic mass is 9.96. The molecule has 0 aliphatic rings. The van der Waals surface area contributed by atoms with Crippen LogP contribution in [0.15, 0.2) is 42.7 Å². The number of ether oxygens (including phenoxy) is 2. The molecule has 0 saturated carbocycles. The van der Waals surface area contributed by atoms with Crippen LogP contribution in [-0.4, -0.2) is 53.0 Å². The van der Waals surface area contributed by atoms with Gasteiger partial charge in [0.15, 0.2) is 11.8 Å². The minimum absolute atomic E-state index is 0.119. The van der Waals surface area contributed by atoms with Gasteiger partial charge in [-0.1, -0.05) is 18.2 Å². The number of halogens is 6. The molecular formula is C20H15F6N3O4. The highest BCUT2D eigenvalue weighted by atomic mass is 19.4. The highest BCUT2D eigenvalue weighted by Gasteiger charge is 2.51. The first-order chi connectivity index (χ1) is 15.4. The van der Waals surface area contributed by atoms with Crippen molar-refractivity contribution in [2.24, 2.45) is 0 Å². The number of carbonyl (C=O) groups is 2. The number of rotatable bonds is 5.